The van der Waals surface area contributed by atoms with E-state index in [1.807, 2.05) is 0 Å². The van der Waals surface area contributed by atoms with Crippen molar-refractivity contribution in [3.05, 3.63) is 23.9 Å². The van der Waals surface area contributed by atoms with E-state index in [2.05, 4.69) is 24.1 Å². The first kappa shape index (κ1) is 13.2. The molecule has 2 rings (SSSR count). The van der Waals surface area contributed by atoms with Crippen molar-refractivity contribution in [2.24, 2.45) is 11.8 Å². The molecular weight excluding hydrogens is 241 g/mol. The second kappa shape index (κ2) is 4.78. The predicted molar refractivity (Wildman–Crippen MR) is 64.2 cm³/mol. The van der Waals surface area contributed by atoms with Gasteiger partial charge in [0.25, 0.3) is 0 Å². The van der Waals surface area contributed by atoms with Gasteiger partial charge in [0, 0.05) is 12.2 Å². The Bertz CT molecular complexity index is 400. The first-order valence-electron chi connectivity index (χ1n) is 6.17. The number of pyridine rings is 1. The number of nitrogens with one attached hydrogen (secondary N) is 1. The van der Waals surface area contributed by atoms with Gasteiger partial charge in [0.2, 0.25) is 0 Å². The zero-order valence-electron chi connectivity index (χ0n) is 10.5. The van der Waals surface area contributed by atoms with Gasteiger partial charge in [-0.1, -0.05) is 13.8 Å². The molecule has 1 aromatic heterocycles. The molecule has 1 aliphatic rings. The van der Waals surface area contributed by atoms with Crippen molar-refractivity contribution in [1.29, 1.82) is 0 Å². The molecule has 2 nitrogen and oxygen atoms in total. The number of anilines is 1. The van der Waals surface area contributed by atoms with Gasteiger partial charge >= 0.3 is 6.18 Å². The number of hydrogen-bond acceptors (Lipinski definition) is 2. The van der Waals surface area contributed by atoms with Crippen LogP contribution in [0.1, 0.15) is 32.3 Å². The Labute approximate surface area is 105 Å². The third-order valence-corrected chi connectivity index (χ3v) is 3.89. The topological polar surface area (TPSA) is 24.9 Å². The summed E-state index contributed by atoms with van der Waals surface area (Å²) in [5, 5.41) is 3.22. The van der Waals surface area contributed by atoms with Gasteiger partial charge < -0.3 is 5.32 Å². The van der Waals surface area contributed by atoms with E-state index in [0.29, 0.717) is 23.7 Å². The van der Waals surface area contributed by atoms with Crippen molar-refractivity contribution >= 4 is 5.82 Å². The summed E-state index contributed by atoms with van der Waals surface area (Å²) in [5.41, 5.74) is -0.708. The summed E-state index contributed by atoms with van der Waals surface area (Å²) in [6.07, 6.45) is -1.24. The molecule has 0 spiro atoms. The van der Waals surface area contributed by atoms with Crippen LogP contribution in [0.15, 0.2) is 18.3 Å². The van der Waals surface area contributed by atoms with Crippen LogP contribution in [0.25, 0.3) is 0 Å². The van der Waals surface area contributed by atoms with Gasteiger partial charge in [-0.2, -0.15) is 13.2 Å². The van der Waals surface area contributed by atoms with Crippen LogP contribution in [0, 0.1) is 11.8 Å². The van der Waals surface area contributed by atoms with Crippen LogP contribution in [0.4, 0.5) is 19.0 Å². The van der Waals surface area contributed by atoms with E-state index in [1.165, 1.54) is 6.07 Å². The molecule has 18 heavy (non-hydrogen) atoms. The number of alkyl halides is 3. The average Bonchev–Trinajstić information content (AvgIpc) is 2.61. The lowest BCUT2D eigenvalue weighted by Crippen LogP contribution is -2.24. The minimum absolute atomic E-state index is 0.309. The maximum Gasteiger partial charge on any atom is 0.417 e. The monoisotopic (exact) mass is 258 g/mol. The van der Waals surface area contributed by atoms with Gasteiger partial charge in [-0.3, -0.25) is 0 Å². The van der Waals surface area contributed by atoms with Crippen molar-refractivity contribution in [2.75, 3.05) is 5.32 Å². The summed E-state index contributed by atoms with van der Waals surface area (Å²) in [4.78, 5) is 3.84. The van der Waals surface area contributed by atoms with Crippen LogP contribution in [-0.4, -0.2) is 11.0 Å². The normalized spacial score (nSPS) is 28.4. The number of nitrogens with zero attached hydrogens (tertiary/aromatic N) is 1. The van der Waals surface area contributed by atoms with Gasteiger partial charge in [-0.05, 0) is 36.8 Å². The lowest BCUT2D eigenvalue weighted by molar-refractivity contribution is -0.137. The molecule has 1 heterocycles. The number of halogens is 3. The van der Waals surface area contributed by atoms with Crippen molar-refractivity contribution < 1.29 is 13.2 Å². The molecule has 1 aromatic rings. The van der Waals surface area contributed by atoms with Crippen LogP contribution in [-0.2, 0) is 6.18 Å². The molecule has 0 radical (unpaired) electrons. The van der Waals surface area contributed by atoms with Crippen LogP contribution in [0.2, 0.25) is 0 Å². The molecule has 3 unspecified atom stereocenters. The minimum Gasteiger partial charge on any atom is -0.367 e. The van der Waals surface area contributed by atoms with Crippen molar-refractivity contribution in [3.63, 3.8) is 0 Å². The third kappa shape index (κ3) is 2.76. The molecule has 1 N–H and O–H groups in total. The Morgan fingerprint density at radius 3 is 2.39 bits per heavy atom. The van der Waals surface area contributed by atoms with E-state index >= 15 is 0 Å². The Morgan fingerprint density at radius 2 is 1.94 bits per heavy atom. The van der Waals surface area contributed by atoms with Crippen LogP contribution in [0.3, 0.4) is 0 Å². The quantitative estimate of drug-likeness (QED) is 0.868. The van der Waals surface area contributed by atoms with E-state index in [-0.39, 0.29) is 0 Å². The highest BCUT2D eigenvalue weighted by Gasteiger charge is 2.32. The molecule has 0 saturated heterocycles. The fraction of sp³-hybridized carbons (Fsp3) is 0.615. The molecule has 0 aliphatic heterocycles. The Balaban J connectivity index is 2.03. The number of hydrogen-bond donors (Lipinski definition) is 1. The molecule has 3 atom stereocenters. The van der Waals surface area contributed by atoms with Gasteiger partial charge in [-0.25, -0.2) is 4.98 Å². The smallest absolute Gasteiger partial charge is 0.367 e. The average molecular weight is 258 g/mol. The number of rotatable bonds is 2. The Hall–Kier alpha value is -1.26. The second-order valence-electron chi connectivity index (χ2n) is 5.09. The summed E-state index contributed by atoms with van der Waals surface area (Å²) in [7, 11) is 0. The van der Waals surface area contributed by atoms with Crippen molar-refractivity contribution in [3.8, 4) is 0 Å². The van der Waals surface area contributed by atoms with E-state index in [1.54, 1.807) is 0 Å². The highest BCUT2D eigenvalue weighted by molar-refractivity contribution is 5.37. The fourth-order valence-corrected chi connectivity index (χ4v) is 2.41. The summed E-state index contributed by atoms with van der Waals surface area (Å²) in [6.45, 7) is 4.37. The maximum absolute atomic E-state index is 12.4. The zero-order valence-corrected chi connectivity index (χ0v) is 10.5. The first-order valence-corrected chi connectivity index (χ1v) is 6.17. The highest BCUT2D eigenvalue weighted by Crippen LogP contribution is 2.33. The minimum atomic E-state index is -4.32. The summed E-state index contributed by atoms with van der Waals surface area (Å²) in [6, 6.07) is 2.78. The lowest BCUT2D eigenvalue weighted by Gasteiger charge is -2.20. The van der Waals surface area contributed by atoms with Gasteiger partial charge in [0.05, 0.1) is 5.56 Å². The lowest BCUT2D eigenvalue weighted by atomic mass is 9.98. The highest BCUT2D eigenvalue weighted by atomic mass is 19.4. The zero-order chi connectivity index (χ0) is 13.3. The molecule has 0 bridgehead atoms. The standard InChI is InChI=1S/C13H17F3N2/c1-8-3-5-11(9(8)2)18-12-6-4-10(7-17-12)13(14,15)16/h4,6-9,11H,3,5H2,1-2H3,(H,17,18). The van der Waals surface area contributed by atoms with Gasteiger partial charge in [0.15, 0.2) is 0 Å². The molecular formula is C13H17F3N2. The SMILES string of the molecule is CC1CCC(Nc2ccc(C(F)(F)F)cn2)C1C. The second-order valence-corrected chi connectivity index (χ2v) is 5.09. The van der Waals surface area contributed by atoms with Gasteiger partial charge in [0.1, 0.15) is 5.82 Å². The van der Waals surface area contributed by atoms with Crippen molar-refractivity contribution in [1.82, 2.24) is 4.98 Å². The molecule has 1 saturated carbocycles. The van der Waals surface area contributed by atoms with Gasteiger partial charge in [-0.15, -0.1) is 0 Å². The molecule has 1 fully saturated rings. The molecule has 0 aromatic carbocycles. The first-order chi connectivity index (χ1) is 8.38. The summed E-state index contributed by atoms with van der Waals surface area (Å²) < 4.78 is 37.1. The maximum atomic E-state index is 12.4. The van der Waals surface area contributed by atoms with E-state index in [4.69, 9.17) is 0 Å². The largest absolute Gasteiger partial charge is 0.417 e. The molecule has 100 valence electrons. The van der Waals surface area contributed by atoms with Crippen molar-refractivity contribution in [2.45, 2.75) is 38.9 Å². The summed E-state index contributed by atoms with van der Waals surface area (Å²) in [5.74, 6) is 1.69. The Kier molecular flexibility index (Phi) is 3.50. The molecule has 0 amide bonds. The Morgan fingerprint density at radius 1 is 1.22 bits per heavy atom. The van der Waals surface area contributed by atoms with Crippen LogP contribution in [0.5, 0.6) is 0 Å². The van der Waals surface area contributed by atoms with E-state index in [0.717, 1.165) is 25.1 Å². The molecule has 1 aliphatic carbocycles. The van der Waals surface area contributed by atoms with E-state index < -0.39 is 11.7 Å². The third-order valence-electron chi connectivity index (χ3n) is 3.89. The molecule has 5 heteroatoms. The number of aromatic nitrogens is 1. The summed E-state index contributed by atoms with van der Waals surface area (Å²) >= 11 is 0. The van der Waals surface area contributed by atoms with E-state index in [9.17, 15) is 13.2 Å². The fourth-order valence-electron chi connectivity index (χ4n) is 2.41. The van der Waals surface area contributed by atoms with Crippen LogP contribution >= 0.6 is 0 Å². The van der Waals surface area contributed by atoms with Crippen LogP contribution < -0.4 is 5.32 Å². The predicted octanol–water partition coefficient (Wildman–Crippen LogP) is 3.95.